The van der Waals surface area contributed by atoms with Gasteiger partial charge < -0.3 is 5.32 Å². The second kappa shape index (κ2) is 5.97. The van der Waals surface area contributed by atoms with E-state index in [-0.39, 0.29) is 5.82 Å². The third kappa shape index (κ3) is 3.20. The lowest BCUT2D eigenvalue weighted by atomic mass is 10.2. The highest BCUT2D eigenvalue weighted by atomic mass is 19.1. The van der Waals surface area contributed by atoms with Crippen LogP contribution in [0.2, 0.25) is 0 Å². The average molecular weight is 261 g/mol. The van der Waals surface area contributed by atoms with E-state index in [0.717, 1.165) is 30.0 Å². The molecule has 0 aliphatic rings. The number of nitrogens with zero attached hydrogens (tertiary/aromatic N) is 2. The Balaban J connectivity index is 2.21. The van der Waals surface area contributed by atoms with Gasteiger partial charge in [-0.1, -0.05) is 19.1 Å². The Kier molecular flexibility index (Phi) is 4.32. The van der Waals surface area contributed by atoms with Crippen LogP contribution in [0.1, 0.15) is 29.4 Å². The molecule has 1 heterocycles. The molecule has 0 amide bonds. The van der Waals surface area contributed by atoms with Crippen LogP contribution in [-0.2, 0) is 13.1 Å². The van der Waals surface area contributed by atoms with E-state index in [9.17, 15) is 4.39 Å². The van der Waals surface area contributed by atoms with E-state index in [0.29, 0.717) is 6.54 Å². The van der Waals surface area contributed by atoms with Crippen molar-refractivity contribution in [1.82, 2.24) is 15.1 Å². The molecule has 4 heteroatoms. The Bertz CT molecular complexity index is 561. The summed E-state index contributed by atoms with van der Waals surface area (Å²) in [7, 11) is 0. The fourth-order valence-electron chi connectivity index (χ4n) is 2.20. The fourth-order valence-corrected chi connectivity index (χ4v) is 2.20. The van der Waals surface area contributed by atoms with Crippen molar-refractivity contribution in [3.05, 3.63) is 52.6 Å². The summed E-state index contributed by atoms with van der Waals surface area (Å²) >= 11 is 0. The van der Waals surface area contributed by atoms with Gasteiger partial charge >= 0.3 is 0 Å². The van der Waals surface area contributed by atoms with Crippen LogP contribution in [-0.4, -0.2) is 16.3 Å². The number of aryl methyl sites for hydroxylation is 1. The van der Waals surface area contributed by atoms with Crippen LogP contribution >= 0.6 is 0 Å². The molecule has 0 aliphatic heterocycles. The smallest absolute Gasteiger partial charge is 0.123 e. The number of aromatic nitrogens is 2. The van der Waals surface area contributed by atoms with Gasteiger partial charge in [0.05, 0.1) is 12.2 Å². The molecule has 0 radical (unpaired) electrons. The highest BCUT2D eigenvalue weighted by Gasteiger charge is 2.11. The van der Waals surface area contributed by atoms with Gasteiger partial charge in [0.1, 0.15) is 5.82 Å². The molecule has 0 fully saturated rings. The van der Waals surface area contributed by atoms with Crippen LogP contribution < -0.4 is 5.32 Å². The molecule has 0 atom stereocenters. The van der Waals surface area contributed by atoms with Crippen molar-refractivity contribution < 1.29 is 4.39 Å². The topological polar surface area (TPSA) is 29.9 Å². The average Bonchev–Trinajstić information content (AvgIpc) is 2.62. The zero-order valence-electron chi connectivity index (χ0n) is 11.7. The maximum atomic E-state index is 13.2. The Labute approximate surface area is 113 Å². The molecule has 0 bridgehead atoms. The number of halogens is 1. The van der Waals surface area contributed by atoms with E-state index < -0.39 is 0 Å². The van der Waals surface area contributed by atoms with Crippen molar-refractivity contribution in [2.45, 2.75) is 33.9 Å². The van der Waals surface area contributed by atoms with Crippen LogP contribution in [0.3, 0.4) is 0 Å². The lowest BCUT2D eigenvalue weighted by Gasteiger charge is -2.06. The van der Waals surface area contributed by atoms with E-state index in [1.807, 2.05) is 17.7 Å². The van der Waals surface area contributed by atoms with Crippen LogP contribution in [0.5, 0.6) is 0 Å². The quantitative estimate of drug-likeness (QED) is 0.897. The standard InChI is InChI=1S/C15H20FN3/c1-4-17-9-15-11(2)18-19(12(15)3)10-13-6-5-7-14(16)8-13/h5-8,17H,4,9-10H2,1-3H3. The minimum Gasteiger partial charge on any atom is -0.313 e. The molecule has 0 saturated carbocycles. The third-order valence-corrected chi connectivity index (χ3v) is 3.30. The SMILES string of the molecule is CCNCc1c(C)nn(Cc2cccc(F)c2)c1C. The van der Waals surface area contributed by atoms with Gasteiger partial charge in [0.2, 0.25) is 0 Å². The molecular weight excluding hydrogens is 241 g/mol. The molecule has 0 unspecified atom stereocenters. The van der Waals surface area contributed by atoms with Crippen molar-refractivity contribution in [2.75, 3.05) is 6.54 Å². The Morgan fingerprint density at radius 3 is 2.79 bits per heavy atom. The highest BCUT2D eigenvalue weighted by Crippen LogP contribution is 2.15. The summed E-state index contributed by atoms with van der Waals surface area (Å²) in [6.45, 7) is 8.54. The molecule has 19 heavy (non-hydrogen) atoms. The van der Waals surface area contributed by atoms with Crippen LogP contribution in [0, 0.1) is 19.7 Å². The van der Waals surface area contributed by atoms with Gasteiger partial charge in [0.15, 0.2) is 0 Å². The molecule has 2 aromatic rings. The predicted octanol–water partition coefficient (Wildman–Crippen LogP) is 2.80. The molecular formula is C15H20FN3. The molecule has 1 aromatic heterocycles. The molecule has 3 nitrogen and oxygen atoms in total. The molecule has 0 aliphatic carbocycles. The van der Waals surface area contributed by atoms with Crippen molar-refractivity contribution in [3.8, 4) is 0 Å². The number of hydrogen-bond acceptors (Lipinski definition) is 2. The first-order valence-corrected chi connectivity index (χ1v) is 6.60. The second-order valence-electron chi connectivity index (χ2n) is 4.72. The molecule has 2 rings (SSSR count). The summed E-state index contributed by atoms with van der Waals surface area (Å²) in [6, 6.07) is 6.67. The summed E-state index contributed by atoms with van der Waals surface area (Å²) in [4.78, 5) is 0. The van der Waals surface area contributed by atoms with E-state index >= 15 is 0 Å². The van der Waals surface area contributed by atoms with Gasteiger partial charge in [-0.05, 0) is 38.1 Å². The minimum atomic E-state index is -0.202. The van der Waals surface area contributed by atoms with Crippen LogP contribution in [0.4, 0.5) is 4.39 Å². The van der Waals surface area contributed by atoms with Crippen LogP contribution in [0.25, 0.3) is 0 Å². The number of hydrogen-bond donors (Lipinski definition) is 1. The Morgan fingerprint density at radius 2 is 2.11 bits per heavy atom. The second-order valence-corrected chi connectivity index (χ2v) is 4.72. The molecule has 0 saturated heterocycles. The molecule has 0 spiro atoms. The van der Waals surface area contributed by atoms with Crippen molar-refractivity contribution in [3.63, 3.8) is 0 Å². The third-order valence-electron chi connectivity index (χ3n) is 3.30. The predicted molar refractivity (Wildman–Crippen MR) is 74.6 cm³/mol. The zero-order valence-corrected chi connectivity index (χ0v) is 11.7. The summed E-state index contributed by atoms with van der Waals surface area (Å²) in [5.41, 5.74) is 4.34. The van der Waals surface area contributed by atoms with Crippen LogP contribution in [0.15, 0.2) is 24.3 Å². The van der Waals surface area contributed by atoms with Crippen molar-refractivity contribution in [2.24, 2.45) is 0 Å². The fraction of sp³-hybridized carbons (Fsp3) is 0.400. The Hall–Kier alpha value is -1.68. The van der Waals surface area contributed by atoms with E-state index in [1.165, 1.54) is 11.6 Å². The number of rotatable bonds is 5. The Morgan fingerprint density at radius 1 is 1.32 bits per heavy atom. The summed E-state index contributed by atoms with van der Waals surface area (Å²) in [5.74, 6) is -0.202. The number of benzene rings is 1. The lowest BCUT2D eigenvalue weighted by molar-refractivity contribution is 0.615. The zero-order chi connectivity index (χ0) is 13.8. The summed E-state index contributed by atoms with van der Waals surface area (Å²) < 4.78 is 15.1. The largest absolute Gasteiger partial charge is 0.313 e. The number of nitrogens with one attached hydrogen (secondary N) is 1. The molecule has 1 aromatic carbocycles. The van der Waals surface area contributed by atoms with Gasteiger partial charge in [-0.25, -0.2) is 4.39 Å². The van der Waals surface area contributed by atoms with E-state index in [4.69, 9.17) is 0 Å². The maximum Gasteiger partial charge on any atom is 0.123 e. The van der Waals surface area contributed by atoms with Gasteiger partial charge in [-0.15, -0.1) is 0 Å². The van der Waals surface area contributed by atoms with Gasteiger partial charge in [-0.2, -0.15) is 5.10 Å². The van der Waals surface area contributed by atoms with E-state index in [1.54, 1.807) is 12.1 Å². The highest BCUT2D eigenvalue weighted by molar-refractivity contribution is 5.26. The molecule has 1 N–H and O–H groups in total. The van der Waals surface area contributed by atoms with Crippen molar-refractivity contribution >= 4 is 0 Å². The van der Waals surface area contributed by atoms with Gasteiger partial charge in [0.25, 0.3) is 0 Å². The van der Waals surface area contributed by atoms with Crippen molar-refractivity contribution in [1.29, 1.82) is 0 Å². The first-order chi connectivity index (χ1) is 9.11. The summed E-state index contributed by atoms with van der Waals surface area (Å²) in [6.07, 6.45) is 0. The van der Waals surface area contributed by atoms with Gasteiger partial charge in [0, 0.05) is 17.8 Å². The monoisotopic (exact) mass is 261 g/mol. The van der Waals surface area contributed by atoms with E-state index in [2.05, 4.69) is 24.3 Å². The summed E-state index contributed by atoms with van der Waals surface area (Å²) in [5, 5.41) is 7.86. The maximum absolute atomic E-state index is 13.2. The first kappa shape index (κ1) is 13.7. The first-order valence-electron chi connectivity index (χ1n) is 6.60. The normalized spacial score (nSPS) is 10.9. The minimum absolute atomic E-state index is 0.202. The lowest BCUT2D eigenvalue weighted by Crippen LogP contribution is -2.13. The molecule has 102 valence electrons. The van der Waals surface area contributed by atoms with Gasteiger partial charge in [-0.3, -0.25) is 4.68 Å².